The van der Waals surface area contributed by atoms with Crippen molar-refractivity contribution in [2.75, 3.05) is 25.0 Å². The summed E-state index contributed by atoms with van der Waals surface area (Å²) in [6.07, 6.45) is 3.07. The number of hydrogen-bond acceptors (Lipinski definition) is 5. The zero-order valence-electron chi connectivity index (χ0n) is 18.4. The molecule has 0 saturated carbocycles. The number of carbonyl (C=O) groups is 3. The lowest BCUT2D eigenvalue weighted by Crippen LogP contribution is -2.52. The van der Waals surface area contributed by atoms with Gasteiger partial charge in [-0.2, -0.15) is 0 Å². The predicted molar refractivity (Wildman–Crippen MR) is 124 cm³/mol. The summed E-state index contributed by atoms with van der Waals surface area (Å²) in [6.45, 7) is 5.16. The number of para-hydroxylation sites is 1. The normalized spacial score (nSPS) is 21.1. The highest BCUT2D eigenvalue weighted by Crippen LogP contribution is 2.32. The molecule has 0 aliphatic carbocycles. The van der Waals surface area contributed by atoms with Crippen LogP contribution in [0.25, 0.3) is 11.1 Å². The third-order valence-corrected chi connectivity index (χ3v) is 5.81. The number of rotatable bonds is 5. The Morgan fingerprint density at radius 2 is 1.61 bits per heavy atom. The molecule has 2 bridgehead atoms. The van der Waals surface area contributed by atoms with E-state index in [1.807, 2.05) is 43.3 Å². The third kappa shape index (κ3) is 6.92. The molecule has 3 aliphatic heterocycles. The van der Waals surface area contributed by atoms with Gasteiger partial charge in [0.25, 0.3) is 0 Å². The molecule has 3 N–H and O–H groups in total. The first-order valence-corrected chi connectivity index (χ1v) is 10.8. The lowest BCUT2D eigenvalue weighted by molar-refractivity contribution is -0.134. The molecule has 3 fully saturated rings. The van der Waals surface area contributed by atoms with E-state index < -0.39 is 11.9 Å². The van der Waals surface area contributed by atoms with E-state index >= 15 is 0 Å². The van der Waals surface area contributed by atoms with Gasteiger partial charge in [0.05, 0.1) is 5.69 Å². The van der Waals surface area contributed by atoms with E-state index in [0.717, 1.165) is 54.9 Å². The van der Waals surface area contributed by atoms with Crippen LogP contribution in [-0.2, 0) is 14.3 Å². The number of carboxylic acid groups (broad SMARTS) is 2. The van der Waals surface area contributed by atoms with Gasteiger partial charge < -0.3 is 14.9 Å². The van der Waals surface area contributed by atoms with Crippen LogP contribution in [0.3, 0.4) is 0 Å². The van der Waals surface area contributed by atoms with Crippen molar-refractivity contribution in [3.8, 4) is 11.1 Å². The summed E-state index contributed by atoms with van der Waals surface area (Å²) in [4.78, 5) is 34.0. The van der Waals surface area contributed by atoms with E-state index in [1.165, 1.54) is 0 Å². The summed E-state index contributed by atoms with van der Waals surface area (Å²) < 4.78 is 5.78. The first-order chi connectivity index (χ1) is 15.8. The highest BCUT2D eigenvalue weighted by Gasteiger charge is 2.36. The number of fused-ring (bicyclic) bond motifs is 3. The van der Waals surface area contributed by atoms with Crippen molar-refractivity contribution in [1.82, 2.24) is 4.90 Å². The zero-order chi connectivity index (χ0) is 23.8. The number of aryl methyl sites for hydroxylation is 1. The van der Waals surface area contributed by atoms with E-state index in [9.17, 15) is 14.4 Å². The second kappa shape index (κ2) is 11.3. The molecule has 3 saturated heterocycles. The highest BCUT2D eigenvalue weighted by atomic mass is 16.6. The number of benzene rings is 2. The summed E-state index contributed by atoms with van der Waals surface area (Å²) in [7, 11) is 0. The number of aliphatic carboxylic acids is 2. The third-order valence-electron chi connectivity index (χ3n) is 5.81. The number of anilines is 1. The fourth-order valence-corrected chi connectivity index (χ4v) is 4.15. The smallest absolute Gasteiger partial charge is 0.411 e. The van der Waals surface area contributed by atoms with Crippen LogP contribution in [0.5, 0.6) is 0 Å². The summed E-state index contributed by atoms with van der Waals surface area (Å²) in [5, 5.41) is 18.6. The van der Waals surface area contributed by atoms with Crippen molar-refractivity contribution in [2.45, 2.75) is 25.9 Å². The number of ether oxygens (including phenoxy) is 1. The molecule has 1 atom stereocenters. The highest BCUT2D eigenvalue weighted by molar-refractivity contribution is 5.93. The van der Waals surface area contributed by atoms with Crippen molar-refractivity contribution in [3.05, 3.63) is 66.2 Å². The lowest BCUT2D eigenvalue weighted by atomic mass is 9.86. The minimum absolute atomic E-state index is 0.0201. The maximum atomic E-state index is 12.5. The second-order valence-electron chi connectivity index (χ2n) is 8.08. The Morgan fingerprint density at radius 1 is 0.970 bits per heavy atom. The van der Waals surface area contributed by atoms with Crippen molar-refractivity contribution in [2.24, 2.45) is 5.92 Å². The Labute approximate surface area is 192 Å². The summed E-state index contributed by atoms with van der Waals surface area (Å²) >= 11 is 0. The summed E-state index contributed by atoms with van der Waals surface area (Å²) in [5.74, 6) is -2.00. The Bertz CT molecular complexity index is 997. The quantitative estimate of drug-likeness (QED) is 0.587. The molecule has 33 heavy (non-hydrogen) atoms. The lowest BCUT2D eigenvalue weighted by Gasteiger charge is -2.43. The van der Waals surface area contributed by atoms with Crippen molar-refractivity contribution in [3.63, 3.8) is 0 Å². The molecule has 2 aromatic carbocycles. The first-order valence-electron chi connectivity index (χ1n) is 10.8. The topological polar surface area (TPSA) is 116 Å². The van der Waals surface area contributed by atoms with Gasteiger partial charge in [-0.25, -0.2) is 14.4 Å². The monoisotopic (exact) mass is 452 g/mol. The Balaban J connectivity index is 0.000000331. The Morgan fingerprint density at radius 3 is 2.15 bits per heavy atom. The predicted octanol–water partition coefficient (Wildman–Crippen LogP) is 4.02. The molecule has 8 heteroatoms. The molecule has 3 aliphatic rings. The average molecular weight is 453 g/mol. The number of piperidine rings is 3. The number of amides is 1. The molecule has 5 rings (SSSR count). The molecule has 1 unspecified atom stereocenters. The Kier molecular flexibility index (Phi) is 8.21. The number of nitrogens with one attached hydrogen (secondary N) is 1. The van der Waals surface area contributed by atoms with E-state index in [0.29, 0.717) is 18.1 Å². The van der Waals surface area contributed by atoms with Gasteiger partial charge in [0, 0.05) is 24.3 Å². The van der Waals surface area contributed by atoms with Crippen LogP contribution in [-0.4, -0.2) is 58.9 Å². The average Bonchev–Trinajstić information content (AvgIpc) is 2.81. The maximum Gasteiger partial charge on any atom is 0.411 e. The van der Waals surface area contributed by atoms with Crippen molar-refractivity contribution < 1.29 is 29.3 Å². The molecule has 1 amide bonds. The van der Waals surface area contributed by atoms with Gasteiger partial charge in [0.15, 0.2) is 0 Å². The molecule has 0 aromatic heterocycles. The number of carbonyl (C=O) groups excluding carboxylic acids is 1. The molecule has 0 radical (unpaired) electrons. The summed E-state index contributed by atoms with van der Waals surface area (Å²) in [6, 6.07) is 16.2. The van der Waals surface area contributed by atoms with E-state index in [2.05, 4.69) is 22.3 Å². The van der Waals surface area contributed by atoms with Gasteiger partial charge in [-0.15, -0.1) is 0 Å². The van der Waals surface area contributed by atoms with Gasteiger partial charge >= 0.3 is 18.0 Å². The second-order valence-corrected chi connectivity index (χ2v) is 8.08. The van der Waals surface area contributed by atoms with Crippen LogP contribution in [0, 0.1) is 12.8 Å². The van der Waals surface area contributed by atoms with Crippen LogP contribution in [0.4, 0.5) is 10.5 Å². The fraction of sp³-hybridized carbons (Fsp3) is 0.320. The molecular formula is C25H28N2O6. The SMILES string of the molecule is Cc1cccc(-c2ccccc2)c1NC(=O)OC1CN2CCC1CC2.O=C(O)/C=C/C(=O)O. The van der Waals surface area contributed by atoms with Crippen LogP contribution >= 0.6 is 0 Å². The number of carboxylic acids is 2. The number of hydrogen-bond donors (Lipinski definition) is 3. The van der Waals surface area contributed by atoms with Gasteiger partial charge in [0.1, 0.15) is 6.10 Å². The molecule has 0 spiro atoms. The zero-order valence-corrected chi connectivity index (χ0v) is 18.4. The largest absolute Gasteiger partial charge is 0.478 e. The molecule has 8 nitrogen and oxygen atoms in total. The van der Waals surface area contributed by atoms with Crippen LogP contribution < -0.4 is 5.32 Å². The van der Waals surface area contributed by atoms with E-state index in [1.54, 1.807) is 0 Å². The Hall–Kier alpha value is -3.65. The van der Waals surface area contributed by atoms with Crippen LogP contribution in [0.15, 0.2) is 60.7 Å². The van der Waals surface area contributed by atoms with Crippen molar-refractivity contribution in [1.29, 1.82) is 0 Å². The molecule has 2 aromatic rings. The van der Waals surface area contributed by atoms with Gasteiger partial charge in [0.2, 0.25) is 0 Å². The van der Waals surface area contributed by atoms with Gasteiger partial charge in [-0.1, -0.05) is 48.5 Å². The minimum Gasteiger partial charge on any atom is -0.478 e. The maximum absolute atomic E-state index is 12.5. The minimum atomic E-state index is -1.26. The standard InChI is InChI=1S/C21H24N2O2.C4H4O4/c1-15-6-5-9-18(16-7-3-2-4-8-16)20(15)22-21(24)25-19-14-23-12-10-17(19)11-13-23;5-3(6)1-2-4(7)8/h2-9,17,19H,10-14H2,1H3,(H,22,24);1-2H,(H,5,6)(H,7,8)/b;2-1+. The molecule has 3 heterocycles. The van der Waals surface area contributed by atoms with E-state index in [4.69, 9.17) is 14.9 Å². The van der Waals surface area contributed by atoms with Gasteiger partial charge in [-0.3, -0.25) is 10.2 Å². The van der Waals surface area contributed by atoms with Crippen molar-refractivity contribution >= 4 is 23.7 Å². The van der Waals surface area contributed by atoms with E-state index in [-0.39, 0.29) is 12.2 Å². The number of nitrogens with zero attached hydrogens (tertiary/aromatic N) is 1. The van der Waals surface area contributed by atoms with Gasteiger partial charge in [-0.05, 0) is 49.9 Å². The molecular weight excluding hydrogens is 424 g/mol. The fourth-order valence-electron chi connectivity index (χ4n) is 4.15. The first kappa shape index (κ1) is 24.0. The van der Waals surface area contributed by atoms with Crippen LogP contribution in [0.2, 0.25) is 0 Å². The van der Waals surface area contributed by atoms with Crippen LogP contribution in [0.1, 0.15) is 18.4 Å². The summed E-state index contributed by atoms with van der Waals surface area (Å²) in [5.41, 5.74) is 3.97. The molecule has 174 valence electrons.